The molecule has 0 aromatic heterocycles. The molecule has 3 rings (SSSR count). The Kier molecular flexibility index (Phi) is 4.89. The van der Waals surface area contributed by atoms with Gasteiger partial charge in [0.05, 0.1) is 13.2 Å². The molecule has 0 radical (unpaired) electrons. The Labute approximate surface area is 162 Å². The molecular weight excluding hydrogens is 364 g/mol. The van der Waals surface area contributed by atoms with Crippen LogP contribution in [0.25, 0.3) is 0 Å². The van der Waals surface area contributed by atoms with Crippen LogP contribution in [0.4, 0.5) is 5.69 Å². The Bertz CT molecular complexity index is 890. The van der Waals surface area contributed by atoms with Crippen LogP contribution in [0, 0.1) is 0 Å². The lowest BCUT2D eigenvalue weighted by atomic mass is 9.67. The van der Waals surface area contributed by atoms with E-state index in [1.165, 1.54) is 11.8 Å². The SMILES string of the molecule is CCOC(=O)C1=C(C)OC(N)=C(C(=O)OCC)[C@]12C(=O)N(C)c1ccccc12. The predicted octanol–water partition coefficient (Wildman–Crippen LogP) is 1.50. The van der Waals surface area contributed by atoms with Crippen molar-refractivity contribution in [1.82, 2.24) is 0 Å². The van der Waals surface area contributed by atoms with Crippen LogP contribution >= 0.6 is 0 Å². The molecule has 2 aliphatic heterocycles. The van der Waals surface area contributed by atoms with Gasteiger partial charge in [-0.25, -0.2) is 9.59 Å². The fourth-order valence-corrected chi connectivity index (χ4v) is 3.84. The van der Waals surface area contributed by atoms with Crippen LogP contribution in [-0.2, 0) is 34.0 Å². The zero-order valence-electron chi connectivity index (χ0n) is 16.2. The summed E-state index contributed by atoms with van der Waals surface area (Å²) < 4.78 is 15.9. The number of hydrogen-bond donors (Lipinski definition) is 1. The average Bonchev–Trinajstić information content (AvgIpc) is 2.85. The number of allylic oxidation sites excluding steroid dienone is 1. The molecule has 2 heterocycles. The highest BCUT2D eigenvalue weighted by Gasteiger charge is 2.63. The third kappa shape index (κ3) is 2.48. The van der Waals surface area contributed by atoms with E-state index in [2.05, 4.69) is 0 Å². The van der Waals surface area contributed by atoms with Crippen molar-refractivity contribution in [2.24, 2.45) is 5.73 Å². The maximum absolute atomic E-state index is 13.6. The second-order valence-electron chi connectivity index (χ2n) is 6.34. The van der Waals surface area contributed by atoms with Gasteiger partial charge in [-0.1, -0.05) is 18.2 Å². The Balaban J connectivity index is 2.41. The van der Waals surface area contributed by atoms with E-state index < -0.39 is 23.3 Å². The standard InChI is InChI=1S/C20H22N2O6/c1-5-26-17(23)14-11(3)28-16(21)15(18(24)27-6-2)20(14)12-9-7-8-10-13(12)22(4)19(20)25/h7-10H,5-6,21H2,1-4H3/t20-/m1/s1. The normalized spacial score (nSPS) is 21.0. The number of benzene rings is 1. The first-order valence-electron chi connectivity index (χ1n) is 8.93. The van der Waals surface area contributed by atoms with Crippen LogP contribution in [0.1, 0.15) is 26.3 Å². The average molecular weight is 386 g/mol. The minimum absolute atomic E-state index is 0.0643. The lowest BCUT2D eigenvalue weighted by molar-refractivity contribution is -0.143. The quantitative estimate of drug-likeness (QED) is 0.781. The monoisotopic (exact) mass is 386 g/mol. The van der Waals surface area contributed by atoms with E-state index in [-0.39, 0.29) is 36.0 Å². The predicted molar refractivity (Wildman–Crippen MR) is 99.8 cm³/mol. The fraction of sp³-hybridized carbons (Fsp3) is 0.350. The number of para-hydroxylation sites is 1. The highest BCUT2D eigenvalue weighted by molar-refractivity contribution is 6.22. The summed E-state index contributed by atoms with van der Waals surface area (Å²) in [5, 5.41) is 0. The van der Waals surface area contributed by atoms with E-state index in [9.17, 15) is 14.4 Å². The zero-order chi connectivity index (χ0) is 20.6. The lowest BCUT2D eigenvalue weighted by Crippen LogP contribution is -2.50. The third-order valence-corrected chi connectivity index (χ3v) is 4.87. The number of anilines is 1. The number of carbonyl (C=O) groups is 3. The van der Waals surface area contributed by atoms with Crippen LogP contribution in [-0.4, -0.2) is 38.1 Å². The van der Waals surface area contributed by atoms with Gasteiger partial charge in [-0.3, -0.25) is 4.79 Å². The van der Waals surface area contributed by atoms with Crippen LogP contribution in [0.5, 0.6) is 0 Å². The summed E-state index contributed by atoms with van der Waals surface area (Å²) in [5.74, 6) is -2.27. The van der Waals surface area contributed by atoms with Crippen LogP contribution in [0.2, 0.25) is 0 Å². The summed E-state index contributed by atoms with van der Waals surface area (Å²) in [6.45, 7) is 4.95. The van der Waals surface area contributed by atoms with Gasteiger partial charge in [0.15, 0.2) is 0 Å². The van der Waals surface area contributed by atoms with Gasteiger partial charge < -0.3 is 24.8 Å². The van der Waals surface area contributed by atoms with Gasteiger partial charge in [-0.2, -0.15) is 0 Å². The molecule has 1 aromatic rings. The first kappa shape index (κ1) is 19.5. The minimum Gasteiger partial charge on any atom is -0.462 e. The van der Waals surface area contributed by atoms with E-state index in [1.54, 1.807) is 45.2 Å². The van der Waals surface area contributed by atoms with Crippen molar-refractivity contribution < 1.29 is 28.6 Å². The van der Waals surface area contributed by atoms with Crippen molar-refractivity contribution in [2.45, 2.75) is 26.2 Å². The number of amides is 1. The number of likely N-dealkylation sites (N-methyl/N-ethyl adjacent to an activating group) is 1. The molecule has 0 bridgehead atoms. The van der Waals surface area contributed by atoms with E-state index in [0.29, 0.717) is 11.3 Å². The smallest absolute Gasteiger partial charge is 0.341 e. The van der Waals surface area contributed by atoms with E-state index in [4.69, 9.17) is 19.9 Å². The first-order chi connectivity index (χ1) is 13.3. The zero-order valence-corrected chi connectivity index (χ0v) is 16.2. The Morgan fingerprint density at radius 2 is 1.68 bits per heavy atom. The van der Waals surface area contributed by atoms with Gasteiger partial charge in [0.25, 0.3) is 0 Å². The molecule has 0 aliphatic carbocycles. The number of nitrogens with zero attached hydrogens (tertiary/aromatic N) is 1. The number of rotatable bonds is 4. The van der Waals surface area contributed by atoms with Crippen LogP contribution < -0.4 is 10.6 Å². The molecule has 8 heteroatoms. The molecule has 1 atom stereocenters. The van der Waals surface area contributed by atoms with Crippen molar-refractivity contribution in [3.63, 3.8) is 0 Å². The van der Waals surface area contributed by atoms with Gasteiger partial charge in [-0.05, 0) is 26.8 Å². The van der Waals surface area contributed by atoms with Gasteiger partial charge in [0.2, 0.25) is 11.8 Å². The Morgan fingerprint density at radius 3 is 2.29 bits per heavy atom. The van der Waals surface area contributed by atoms with Gasteiger partial charge in [0.1, 0.15) is 22.3 Å². The van der Waals surface area contributed by atoms with E-state index >= 15 is 0 Å². The van der Waals surface area contributed by atoms with Crippen molar-refractivity contribution in [1.29, 1.82) is 0 Å². The number of hydrogen-bond acceptors (Lipinski definition) is 7. The maximum Gasteiger partial charge on any atom is 0.341 e. The van der Waals surface area contributed by atoms with Gasteiger partial charge >= 0.3 is 11.9 Å². The largest absolute Gasteiger partial charge is 0.462 e. The highest BCUT2D eigenvalue weighted by atomic mass is 16.5. The number of carbonyl (C=O) groups excluding carboxylic acids is 3. The summed E-state index contributed by atoms with van der Waals surface area (Å²) >= 11 is 0. The highest BCUT2D eigenvalue weighted by Crippen LogP contribution is 2.54. The van der Waals surface area contributed by atoms with Crippen molar-refractivity contribution in [3.05, 3.63) is 52.6 Å². The number of nitrogens with two attached hydrogens (primary N) is 1. The molecule has 1 spiro atoms. The number of esters is 2. The number of ether oxygens (including phenoxy) is 3. The van der Waals surface area contributed by atoms with Crippen molar-refractivity contribution in [3.8, 4) is 0 Å². The maximum atomic E-state index is 13.6. The second kappa shape index (κ2) is 7.03. The number of fused-ring (bicyclic) bond motifs is 2. The van der Waals surface area contributed by atoms with Crippen LogP contribution in [0.15, 0.2) is 47.1 Å². The lowest BCUT2D eigenvalue weighted by Gasteiger charge is -2.35. The summed E-state index contributed by atoms with van der Waals surface area (Å²) in [6.07, 6.45) is 0. The van der Waals surface area contributed by atoms with Crippen LogP contribution in [0.3, 0.4) is 0 Å². The van der Waals surface area contributed by atoms with Crippen molar-refractivity contribution >= 4 is 23.5 Å². The van der Waals surface area contributed by atoms with E-state index in [1.807, 2.05) is 0 Å². The third-order valence-electron chi connectivity index (χ3n) is 4.87. The molecule has 0 saturated carbocycles. The molecule has 148 valence electrons. The fourth-order valence-electron chi connectivity index (χ4n) is 3.84. The molecule has 0 saturated heterocycles. The molecule has 0 unspecified atom stereocenters. The second-order valence-corrected chi connectivity index (χ2v) is 6.34. The minimum atomic E-state index is -1.80. The molecule has 8 nitrogen and oxygen atoms in total. The molecule has 2 N–H and O–H groups in total. The molecule has 1 amide bonds. The Hall–Kier alpha value is -3.29. The van der Waals surface area contributed by atoms with Crippen molar-refractivity contribution in [2.75, 3.05) is 25.2 Å². The first-order valence-corrected chi connectivity index (χ1v) is 8.93. The van der Waals surface area contributed by atoms with Gasteiger partial charge in [0, 0.05) is 18.3 Å². The molecule has 1 aromatic carbocycles. The topological polar surface area (TPSA) is 108 Å². The molecule has 0 fully saturated rings. The Morgan fingerprint density at radius 1 is 1.11 bits per heavy atom. The molecule has 2 aliphatic rings. The van der Waals surface area contributed by atoms with E-state index in [0.717, 1.165) is 0 Å². The summed E-state index contributed by atoms with van der Waals surface area (Å²) in [7, 11) is 1.57. The molecular formula is C20H22N2O6. The van der Waals surface area contributed by atoms with Gasteiger partial charge in [-0.15, -0.1) is 0 Å². The summed E-state index contributed by atoms with van der Waals surface area (Å²) in [5.41, 5.74) is 4.97. The molecule has 28 heavy (non-hydrogen) atoms. The summed E-state index contributed by atoms with van der Waals surface area (Å²) in [4.78, 5) is 40.8. The summed E-state index contributed by atoms with van der Waals surface area (Å²) in [6, 6.07) is 6.90.